The summed E-state index contributed by atoms with van der Waals surface area (Å²) in [6, 6.07) is 17.3. The number of sulfonamides is 1. The first-order valence-corrected chi connectivity index (χ1v) is 15.2. The Morgan fingerprint density at radius 2 is 1.52 bits per heavy atom. The fourth-order valence-electron chi connectivity index (χ4n) is 4.08. The van der Waals surface area contributed by atoms with E-state index in [1.54, 1.807) is 68.4 Å². The number of aryl methyl sites for hydroxylation is 1. The molecule has 7 nitrogen and oxygen atoms in total. The van der Waals surface area contributed by atoms with Gasteiger partial charge in [0.1, 0.15) is 12.6 Å². The van der Waals surface area contributed by atoms with Crippen LogP contribution < -0.4 is 9.62 Å². The van der Waals surface area contributed by atoms with Crippen LogP contribution in [-0.4, -0.2) is 43.8 Å². The van der Waals surface area contributed by atoms with Crippen molar-refractivity contribution in [3.05, 3.63) is 93.5 Å². The Balaban J connectivity index is 2.08. The van der Waals surface area contributed by atoms with Crippen LogP contribution in [0.3, 0.4) is 0 Å². The average molecular weight is 605 g/mol. The van der Waals surface area contributed by atoms with Gasteiger partial charge in [0.25, 0.3) is 10.0 Å². The summed E-state index contributed by atoms with van der Waals surface area (Å²) in [5.74, 6) is -0.914. The van der Waals surface area contributed by atoms with Crippen LogP contribution in [0.5, 0.6) is 0 Å². The molecule has 3 rings (SSSR count). The van der Waals surface area contributed by atoms with Gasteiger partial charge in [-0.1, -0.05) is 72.1 Å². The van der Waals surface area contributed by atoms with Crippen LogP contribution in [0, 0.1) is 13.8 Å². The molecule has 2 atom stereocenters. The number of carbonyl (C=O) groups is 2. The van der Waals surface area contributed by atoms with Crippen molar-refractivity contribution >= 4 is 50.7 Å². The Bertz CT molecular complexity index is 1460. The molecule has 0 aliphatic rings. The number of benzene rings is 3. The van der Waals surface area contributed by atoms with Crippen molar-refractivity contribution in [2.24, 2.45) is 0 Å². The fraction of sp³-hybridized carbons (Fsp3) is 0.333. The lowest BCUT2D eigenvalue weighted by Crippen LogP contribution is -2.52. The molecule has 2 amide bonds. The van der Waals surface area contributed by atoms with Crippen LogP contribution >= 0.6 is 23.2 Å². The van der Waals surface area contributed by atoms with Crippen molar-refractivity contribution in [2.45, 2.75) is 64.6 Å². The van der Waals surface area contributed by atoms with Gasteiger partial charge < -0.3 is 10.2 Å². The molecule has 0 aliphatic carbocycles. The molecule has 0 unspecified atom stereocenters. The predicted molar refractivity (Wildman–Crippen MR) is 161 cm³/mol. The summed E-state index contributed by atoms with van der Waals surface area (Å²) < 4.78 is 29.0. The molecule has 0 radical (unpaired) electrons. The second-order valence-corrected chi connectivity index (χ2v) is 12.5. The molecule has 0 saturated carbocycles. The first-order valence-electron chi connectivity index (χ1n) is 13.0. The number of halogens is 2. The highest BCUT2D eigenvalue weighted by Gasteiger charge is 2.33. The maximum absolute atomic E-state index is 14.0. The molecule has 0 fully saturated rings. The standard InChI is InChI=1S/C30H35Cl2N3O4S/c1-6-21(3)33-30(37)23(5)34(18-24-10-7-8-11-27(24)32)29(36)19-35(28-13-9-12-26(31)22(28)4)40(38,39)25-16-14-20(2)15-17-25/h7-17,21,23H,6,18-19H2,1-5H3,(H,33,37)/t21-,23+/m1/s1. The van der Waals surface area contributed by atoms with Gasteiger partial charge in [0.15, 0.2) is 0 Å². The summed E-state index contributed by atoms with van der Waals surface area (Å²) in [4.78, 5) is 28.6. The molecule has 214 valence electrons. The Labute approximate surface area is 247 Å². The summed E-state index contributed by atoms with van der Waals surface area (Å²) >= 11 is 12.8. The minimum Gasteiger partial charge on any atom is -0.352 e. The van der Waals surface area contributed by atoms with Crippen LogP contribution in [-0.2, 0) is 26.2 Å². The molecular formula is C30H35Cl2N3O4S. The minimum atomic E-state index is -4.19. The quantitative estimate of drug-likeness (QED) is 0.285. The van der Waals surface area contributed by atoms with E-state index in [9.17, 15) is 18.0 Å². The third kappa shape index (κ3) is 7.36. The predicted octanol–water partition coefficient (Wildman–Crippen LogP) is 6.14. The van der Waals surface area contributed by atoms with E-state index in [2.05, 4.69) is 5.32 Å². The van der Waals surface area contributed by atoms with E-state index in [4.69, 9.17) is 23.2 Å². The first-order chi connectivity index (χ1) is 18.9. The number of nitrogens with zero attached hydrogens (tertiary/aromatic N) is 2. The van der Waals surface area contributed by atoms with Crippen LogP contribution in [0.1, 0.15) is 43.9 Å². The van der Waals surface area contributed by atoms with Crippen LogP contribution in [0.4, 0.5) is 5.69 Å². The number of hydrogen-bond donors (Lipinski definition) is 1. The molecule has 0 bridgehead atoms. The van der Waals surface area contributed by atoms with Gasteiger partial charge in [-0.05, 0) is 75.6 Å². The smallest absolute Gasteiger partial charge is 0.264 e. The van der Waals surface area contributed by atoms with Gasteiger partial charge in [0.2, 0.25) is 11.8 Å². The van der Waals surface area contributed by atoms with Gasteiger partial charge in [-0.3, -0.25) is 13.9 Å². The van der Waals surface area contributed by atoms with E-state index in [1.807, 2.05) is 20.8 Å². The number of carbonyl (C=O) groups excluding carboxylic acids is 2. The van der Waals surface area contributed by atoms with Crippen LogP contribution in [0.15, 0.2) is 71.6 Å². The zero-order valence-electron chi connectivity index (χ0n) is 23.3. The largest absolute Gasteiger partial charge is 0.352 e. The van der Waals surface area contributed by atoms with Crippen molar-refractivity contribution in [1.82, 2.24) is 10.2 Å². The van der Waals surface area contributed by atoms with Gasteiger partial charge in [-0.15, -0.1) is 0 Å². The fourth-order valence-corrected chi connectivity index (χ4v) is 5.91. The molecule has 0 aromatic heterocycles. The molecule has 0 saturated heterocycles. The van der Waals surface area contributed by atoms with E-state index in [0.717, 1.165) is 9.87 Å². The third-order valence-electron chi connectivity index (χ3n) is 6.86. The van der Waals surface area contributed by atoms with Gasteiger partial charge in [-0.25, -0.2) is 8.42 Å². The molecule has 1 N–H and O–H groups in total. The molecule has 10 heteroatoms. The lowest BCUT2D eigenvalue weighted by atomic mass is 10.1. The maximum atomic E-state index is 14.0. The molecule has 0 spiro atoms. The van der Waals surface area contributed by atoms with E-state index < -0.39 is 28.5 Å². The molecule has 3 aromatic rings. The highest BCUT2D eigenvalue weighted by Crippen LogP contribution is 2.31. The van der Waals surface area contributed by atoms with Crippen molar-refractivity contribution in [1.29, 1.82) is 0 Å². The Morgan fingerprint density at radius 3 is 2.15 bits per heavy atom. The highest BCUT2D eigenvalue weighted by atomic mass is 35.5. The summed E-state index contributed by atoms with van der Waals surface area (Å²) in [5, 5.41) is 3.71. The Hall–Kier alpha value is -3.07. The van der Waals surface area contributed by atoms with E-state index in [0.29, 0.717) is 27.6 Å². The van der Waals surface area contributed by atoms with Crippen molar-refractivity contribution < 1.29 is 18.0 Å². The van der Waals surface area contributed by atoms with E-state index in [1.165, 1.54) is 17.0 Å². The molecule has 0 aliphatic heterocycles. The zero-order chi connectivity index (χ0) is 29.6. The molecular weight excluding hydrogens is 569 g/mol. The van der Waals surface area contributed by atoms with Crippen molar-refractivity contribution in [3.8, 4) is 0 Å². The number of hydrogen-bond acceptors (Lipinski definition) is 4. The maximum Gasteiger partial charge on any atom is 0.264 e. The molecule has 40 heavy (non-hydrogen) atoms. The van der Waals surface area contributed by atoms with Gasteiger partial charge >= 0.3 is 0 Å². The number of rotatable bonds is 11. The second-order valence-electron chi connectivity index (χ2n) is 9.82. The summed E-state index contributed by atoms with van der Waals surface area (Å²) in [7, 11) is -4.19. The van der Waals surface area contributed by atoms with E-state index >= 15 is 0 Å². The number of nitrogens with one attached hydrogen (secondary N) is 1. The summed E-state index contributed by atoms with van der Waals surface area (Å²) in [6.07, 6.45) is 0.716. The number of anilines is 1. The van der Waals surface area contributed by atoms with Crippen molar-refractivity contribution in [3.63, 3.8) is 0 Å². The monoisotopic (exact) mass is 603 g/mol. The highest BCUT2D eigenvalue weighted by molar-refractivity contribution is 7.92. The van der Waals surface area contributed by atoms with Crippen LogP contribution in [0.2, 0.25) is 10.0 Å². The van der Waals surface area contributed by atoms with Crippen LogP contribution in [0.25, 0.3) is 0 Å². The minimum absolute atomic E-state index is 0.0144. The van der Waals surface area contributed by atoms with Gasteiger partial charge in [0, 0.05) is 22.6 Å². The van der Waals surface area contributed by atoms with Crippen molar-refractivity contribution in [2.75, 3.05) is 10.8 Å². The lowest BCUT2D eigenvalue weighted by molar-refractivity contribution is -0.139. The second kappa shape index (κ2) is 13.5. The Morgan fingerprint density at radius 1 is 0.900 bits per heavy atom. The van der Waals surface area contributed by atoms with E-state index in [-0.39, 0.29) is 29.1 Å². The van der Waals surface area contributed by atoms with Gasteiger partial charge in [-0.2, -0.15) is 0 Å². The summed E-state index contributed by atoms with van der Waals surface area (Å²) in [6.45, 7) is 8.46. The SMILES string of the molecule is CC[C@@H](C)NC(=O)[C@H](C)N(Cc1ccccc1Cl)C(=O)CN(c1cccc(Cl)c1C)S(=O)(=O)c1ccc(C)cc1. The van der Waals surface area contributed by atoms with Gasteiger partial charge in [0.05, 0.1) is 10.6 Å². The zero-order valence-corrected chi connectivity index (χ0v) is 25.6. The molecule has 0 heterocycles. The summed E-state index contributed by atoms with van der Waals surface area (Å²) in [5.41, 5.74) is 2.31. The number of amides is 2. The average Bonchev–Trinajstić information content (AvgIpc) is 2.92. The third-order valence-corrected chi connectivity index (χ3v) is 9.41. The topological polar surface area (TPSA) is 86.8 Å². The molecule has 3 aromatic carbocycles. The lowest BCUT2D eigenvalue weighted by Gasteiger charge is -2.33. The normalized spacial score (nSPS) is 12.9. The first kappa shape index (κ1) is 31.5. The Kier molecular flexibility index (Phi) is 10.6.